The maximum atomic E-state index is 12.5. The number of rotatable bonds is 3. The third kappa shape index (κ3) is 3.22. The number of likely N-dealkylation sites (N-methyl/N-ethyl adjacent to an activating group) is 1. The lowest BCUT2D eigenvalue weighted by molar-refractivity contribution is -0.115. The number of fused-ring (bicyclic) bond motifs is 1. The quantitative estimate of drug-likeness (QED) is 0.910. The highest BCUT2D eigenvalue weighted by Crippen LogP contribution is 2.29. The molecule has 0 spiro atoms. The molecule has 1 aliphatic heterocycles. The van der Waals surface area contributed by atoms with E-state index in [-0.39, 0.29) is 17.9 Å². The highest BCUT2D eigenvalue weighted by atomic mass is 32.1. The predicted molar refractivity (Wildman–Crippen MR) is 93.3 cm³/mol. The van der Waals surface area contributed by atoms with E-state index in [1.165, 1.54) is 4.88 Å². The van der Waals surface area contributed by atoms with Gasteiger partial charge in [-0.3, -0.25) is 9.59 Å². The Hall–Kier alpha value is -2.34. The lowest BCUT2D eigenvalue weighted by atomic mass is 10.1. The topological polar surface area (TPSA) is 61.4 Å². The summed E-state index contributed by atoms with van der Waals surface area (Å²) in [5.74, 6) is -0.214. The number of hydrogen-bond donors (Lipinski definition) is 2. The number of benzene rings is 1. The van der Waals surface area contributed by atoms with Gasteiger partial charge in [0, 0.05) is 22.4 Å². The van der Waals surface area contributed by atoms with E-state index in [0.29, 0.717) is 17.8 Å². The zero-order chi connectivity index (χ0) is 16.6. The van der Waals surface area contributed by atoms with Crippen LogP contribution >= 0.6 is 11.3 Å². The first-order valence-corrected chi connectivity index (χ1v) is 8.28. The van der Waals surface area contributed by atoms with Crippen LogP contribution in [0.5, 0.6) is 0 Å². The Labute approximate surface area is 139 Å². The number of hydrogen-bond acceptors (Lipinski definition) is 4. The van der Waals surface area contributed by atoms with E-state index in [0.717, 1.165) is 10.6 Å². The monoisotopic (exact) mass is 329 g/mol. The molecule has 0 saturated heterocycles. The molecular weight excluding hydrogens is 310 g/mol. The van der Waals surface area contributed by atoms with Crippen molar-refractivity contribution in [3.63, 3.8) is 0 Å². The Morgan fingerprint density at radius 3 is 2.83 bits per heavy atom. The van der Waals surface area contributed by atoms with Gasteiger partial charge in [-0.05, 0) is 44.2 Å². The van der Waals surface area contributed by atoms with Crippen LogP contribution in [-0.2, 0) is 4.79 Å². The predicted octanol–water partition coefficient (Wildman–Crippen LogP) is 2.94. The lowest BCUT2D eigenvalue weighted by Gasteiger charge is -2.27. The van der Waals surface area contributed by atoms with Crippen molar-refractivity contribution in [1.82, 2.24) is 5.32 Å². The van der Waals surface area contributed by atoms with Gasteiger partial charge in [-0.1, -0.05) is 0 Å². The second kappa shape index (κ2) is 6.04. The molecule has 0 aliphatic carbocycles. The van der Waals surface area contributed by atoms with Crippen molar-refractivity contribution in [3.05, 3.63) is 45.6 Å². The fraction of sp³-hybridized carbons (Fsp3) is 0.294. The molecule has 3 rings (SSSR count). The Morgan fingerprint density at radius 2 is 2.13 bits per heavy atom. The number of carbonyl (C=O) groups excluding carboxylic acids is 2. The van der Waals surface area contributed by atoms with Crippen LogP contribution in [-0.4, -0.2) is 25.4 Å². The lowest BCUT2D eigenvalue weighted by Crippen LogP contribution is -2.35. The third-order valence-electron chi connectivity index (χ3n) is 3.86. The minimum atomic E-state index is -0.145. The van der Waals surface area contributed by atoms with Crippen LogP contribution in [0.3, 0.4) is 0 Å². The first kappa shape index (κ1) is 15.6. The number of aryl methyl sites for hydroxylation is 1. The standard InChI is InChI=1S/C17H19N3O2S/c1-10-4-7-15(23-10)11(2)18-17(22)12-5-6-14-13(8-12)19-16(21)9-20(14)3/h4-8,11H,9H2,1-3H3,(H,18,22)(H,19,21). The highest BCUT2D eigenvalue weighted by molar-refractivity contribution is 7.12. The fourth-order valence-corrected chi connectivity index (χ4v) is 3.52. The molecule has 120 valence electrons. The summed E-state index contributed by atoms with van der Waals surface area (Å²) in [6, 6.07) is 9.41. The van der Waals surface area contributed by atoms with Gasteiger partial charge in [0.05, 0.1) is 24.0 Å². The van der Waals surface area contributed by atoms with Crippen LogP contribution in [0.4, 0.5) is 11.4 Å². The zero-order valence-electron chi connectivity index (χ0n) is 13.3. The molecule has 0 fully saturated rings. The molecule has 1 aliphatic rings. The third-order valence-corrected chi connectivity index (χ3v) is 5.04. The van der Waals surface area contributed by atoms with Crippen LogP contribution in [0, 0.1) is 6.92 Å². The van der Waals surface area contributed by atoms with Gasteiger partial charge in [-0.2, -0.15) is 0 Å². The SMILES string of the molecule is Cc1ccc(C(C)NC(=O)c2ccc3c(c2)NC(=O)CN3C)s1. The maximum absolute atomic E-state index is 12.5. The molecule has 23 heavy (non-hydrogen) atoms. The van der Waals surface area contributed by atoms with E-state index in [1.54, 1.807) is 23.5 Å². The second-order valence-electron chi connectivity index (χ2n) is 5.78. The van der Waals surface area contributed by atoms with Crippen LogP contribution in [0.2, 0.25) is 0 Å². The normalized spacial score (nSPS) is 14.9. The maximum Gasteiger partial charge on any atom is 0.251 e. The summed E-state index contributed by atoms with van der Waals surface area (Å²) >= 11 is 1.68. The number of nitrogens with zero attached hydrogens (tertiary/aromatic N) is 1. The molecule has 1 aromatic heterocycles. The van der Waals surface area contributed by atoms with Crippen molar-refractivity contribution in [3.8, 4) is 0 Å². The average molecular weight is 329 g/mol. The van der Waals surface area contributed by atoms with Crippen molar-refractivity contribution in [1.29, 1.82) is 0 Å². The number of carbonyl (C=O) groups is 2. The van der Waals surface area contributed by atoms with Crippen LogP contribution in [0.1, 0.15) is 33.1 Å². The summed E-state index contributed by atoms with van der Waals surface area (Å²) in [5.41, 5.74) is 2.14. The molecule has 6 heteroatoms. The van der Waals surface area contributed by atoms with Crippen LogP contribution < -0.4 is 15.5 Å². The summed E-state index contributed by atoms with van der Waals surface area (Å²) in [7, 11) is 1.86. The van der Waals surface area contributed by atoms with Crippen LogP contribution in [0.25, 0.3) is 0 Å². The fourth-order valence-electron chi connectivity index (χ4n) is 2.64. The molecule has 1 unspecified atom stereocenters. The Kier molecular flexibility index (Phi) is 4.09. The molecular formula is C17H19N3O2S. The van der Waals surface area contributed by atoms with Crippen molar-refractivity contribution in [2.45, 2.75) is 19.9 Å². The second-order valence-corrected chi connectivity index (χ2v) is 7.10. The molecule has 2 N–H and O–H groups in total. The minimum Gasteiger partial charge on any atom is -0.364 e. The number of thiophene rings is 1. The molecule has 0 radical (unpaired) electrons. The molecule has 1 atom stereocenters. The average Bonchev–Trinajstić information content (AvgIpc) is 2.93. The van der Waals surface area contributed by atoms with Gasteiger partial charge < -0.3 is 15.5 Å². The van der Waals surface area contributed by atoms with Gasteiger partial charge in [-0.25, -0.2) is 0 Å². The zero-order valence-corrected chi connectivity index (χ0v) is 14.2. The van der Waals surface area contributed by atoms with Crippen molar-refractivity contribution in [2.24, 2.45) is 0 Å². The number of anilines is 2. The molecule has 0 saturated carbocycles. The van der Waals surface area contributed by atoms with Crippen LogP contribution in [0.15, 0.2) is 30.3 Å². The molecule has 1 aromatic carbocycles. The summed E-state index contributed by atoms with van der Waals surface area (Å²) in [5, 5.41) is 5.82. The summed E-state index contributed by atoms with van der Waals surface area (Å²) in [6.07, 6.45) is 0. The smallest absolute Gasteiger partial charge is 0.251 e. The van der Waals surface area contributed by atoms with E-state index < -0.39 is 0 Å². The van der Waals surface area contributed by atoms with E-state index in [9.17, 15) is 9.59 Å². The van der Waals surface area contributed by atoms with E-state index >= 15 is 0 Å². The molecule has 2 heterocycles. The summed E-state index contributed by atoms with van der Waals surface area (Å²) in [4.78, 5) is 28.3. The molecule has 2 aromatic rings. The molecule has 0 bridgehead atoms. The van der Waals surface area contributed by atoms with Crippen molar-refractivity contribution < 1.29 is 9.59 Å². The Balaban J connectivity index is 1.78. The van der Waals surface area contributed by atoms with Crippen molar-refractivity contribution in [2.75, 3.05) is 23.8 Å². The van der Waals surface area contributed by atoms with Gasteiger partial charge in [0.2, 0.25) is 5.91 Å². The Morgan fingerprint density at radius 1 is 1.35 bits per heavy atom. The molecule has 2 amide bonds. The van der Waals surface area contributed by atoms with Gasteiger partial charge in [0.15, 0.2) is 0 Å². The number of nitrogens with one attached hydrogen (secondary N) is 2. The van der Waals surface area contributed by atoms with Gasteiger partial charge >= 0.3 is 0 Å². The van der Waals surface area contributed by atoms with E-state index in [1.807, 2.05) is 44.0 Å². The van der Waals surface area contributed by atoms with Gasteiger partial charge in [0.25, 0.3) is 5.91 Å². The largest absolute Gasteiger partial charge is 0.364 e. The summed E-state index contributed by atoms with van der Waals surface area (Å²) < 4.78 is 0. The van der Waals surface area contributed by atoms with Gasteiger partial charge in [-0.15, -0.1) is 11.3 Å². The van der Waals surface area contributed by atoms with E-state index in [2.05, 4.69) is 10.6 Å². The first-order valence-electron chi connectivity index (χ1n) is 7.46. The summed E-state index contributed by atoms with van der Waals surface area (Å²) in [6.45, 7) is 4.34. The van der Waals surface area contributed by atoms with Crippen molar-refractivity contribution >= 4 is 34.5 Å². The highest BCUT2D eigenvalue weighted by Gasteiger charge is 2.21. The molecule has 5 nitrogen and oxygen atoms in total. The van der Waals surface area contributed by atoms with E-state index in [4.69, 9.17) is 0 Å². The first-order chi connectivity index (χ1) is 10.9. The van der Waals surface area contributed by atoms with Gasteiger partial charge in [0.1, 0.15) is 0 Å². The Bertz CT molecular complexity index is 769. The number of amides is 2. The minimum absolute atomic E-state index is 0.0468.